The fraction of sp³-hybridized carbons (Fsp3) is 0.256. The first-order chi connectivity index (χ1) is 19.1. The third-order valence-corrected chi connectivity index (χ3v) is 13.6. The van der Waals surface area contributed by atoms with Crippen molar-refractivity contribution in [3.63, 3.8) is 0 Å². The molecular weight excluding hydrogens is 587 g/mol. The van der Waals surface area contributed by atoms with Crippen molar-refractivity contribution in [3.8, 4) is 11.1 Å². The number of hydrogen-bond donors (Lipinski definition) is 0. The first-order valence-electron chi connectivity index (χ1n) is 14.6. The van der Waals surface area contributed by atoms with E-state index >= 15 is 0 Å². The number of hydrogen-bond acceptors (Lipinski definition) is 0. The van der Waals surface area contributed by atoms with Crippen LogP contribution in [-0.4, -0.2) is 3.81 Å². The topological polar surface area (TPSA) is 0 Å². The molecule has 0 unspecified atom stereocenters. The van der Waals surface area contributed by atoms with Crippen LogP contribution in [0.15, 0.2) is 115 Å². The van der Waals surface area contributed by atoms with E-state index in [2.05, 4.69) is 157 Å². The fourth-order valence-electron chi connectivity index (χ4n) is 6.45. The summed E-state index contributed by atoms with van der Waals surface area (Å²) in [4.78, 5) is 0. The molecule has 0 fully saturated rings. The van der Waals surface area contributed by atoms with Gasteiger partial charge in [0.2, 0.25) is 0 Å². The van der Waals surface area contributed by atoms with Crippen molar-refractivity contribution >= 4 is 7.68 Å². The average Bonchev–Trinajstić information content (AvgIpc) is 3.59. The van der Waals surface area contributed by atoms with Crippen molar-refractivity contribution in [2.45, 2.75) is 63.0 Å². The summed E-state index contributed by atoms with van der Waals surface area (Å²) in [7, 11) is 0. The monoisotopic (exact) mass is 626 g/mol. The molecule has 42 heavy (non-hydrogen) atoms. The molecule has 6 rings (SSSR count). The predicted molar refractivity (Wildman–Crippen MR) is 170 cm³/mol. The van der Waals surface area contributed by atoms with E-state index in [-0.39, 0.29) is 35.6 Å². The number of allylic oxidation sites excluding steroid dienone is 4. The Balaban J connectivity index is 0.00000202. The molecule has 0 nitrogen and oxygen atoms in total. The van der Waals surface area contributed by atoms with Gasteiger partial charge in [0.25, 0.3) is 0 Å². The average molecular weight is 628 g/mol. The normalized spacial score (nSPS) is 13.5. The van der Waals surface area contributed by atoms with Crippen molar-refractivity contribution < 1.29 is 42.2 Å². The smallest absolute Gasteiger partial charge is 1.00 e. The molecule has 0 aliphatic heterocycles. The van der Waals surface area contributed by atoms with Crippen molar-refractivity contribution in [2.24, 2.45) is 0 Å². The molecule has 0 spiro atoms. The molecule has 0 saturated heterocycles. The second-order valence-electron chi connectivity index (χ2n) is 13.4. The largest absolute Gasteiger partial charge is 1.00 e. The zero-order valence-electron chi connectivity index (χ0n) is 25.5. The van der Waals surface area contributed by atoms with E-state index in [1.165, 1.54) is 38.9 Å². The summed E-state index contributed by atoms with van der Waals surface area (Å²) < 4.78 is 3.71. The molecule has 0 N–H and O–H groups in total. The molecule has 0 aromatic heterocycles. The van der Waals surface area contributed by atoms with Crippen molar-refractivity contribution in [2.75, 3.05) is 0 Å². The molecule has 4 aromatic carbocycles. The zero-order chi connectivity index (χ0) is 28.1. The minimum atomic E-state index is -2.24. The van der Waals surface area contributed by atoms with E-state index in [0.29, 0.717) is 4.22 Å². The van der Waals surface area contributed by atoms with Gasteiger partial charge in [-0.2, -0.15) is 0 Å². The summed E-state index contributed by atoms with van der Waals surface area (Å²) in [6.45, 7) is 14.2. The minimum absolute atomic E-state index is 0. The molecular formula is C39H40Cl2Ti. The minimum Gasteiger partial charge on any atom is -1.00 e. The van der Waals surface area contributed by atoms with Crippen molar-refractivity contribution in [1.29, 1.82) is 0 Å². The summed E-state index contributed by atoms with van der Waals surface area (Å²) >= 11 is -2.24. The van der Waals surface area contributed by atoms with Crippen LogP contribution in [0.2, 0.25) is 4.22 Å². The van der Waals surface area contributed by atoms with Crippen molar-refractivity contribution in [3.05, 3.63) is 149 Å². The van der Waals surface area contributed by atoms with E-state index in [1.807, 2.05) is 0 Å². The van der Waals surface area contributed by atoms with Crippen LogP contribution in [0.25, 0.3) is 11.1 Å². The maximum atomic E-state index is 2.49. The molecule has 0 amide bonds. The van der Waals surface area contributed by atoms with Crippen LogP contribution in [0.3, 0.4) is 0 Å². The first kappa shape index (κ1) is 32.4. The molecule has 0 radical (unpaired) electrons. The fourth-order valence-corrected chi connectivity index (χ4v) is 12.3. The second kappa shape index (κ2) is 12.6. The summed E-state index contributed by atoms with van der Waals surface area (Å²) in [6.07, 6.45) is 10.5. The van der Waals surface area contributed by atoms with Crippen LogP contribution in [0.4, 0.5) is 0 Å². The zero-order valence-corrected chi connectivity index (χ0v) is 28.6. The molecule has 214 valence electrons. The molecule has 0 heterocycles. The maximum Gasteiger partial charge on any atom is -1.00 e. The molecule has 2 aliphatic carbocycles. The Labute approximate surface area is 271 Å². The molecule has 4 aromatic rings. The second-order valence-corrected chi connectivity index (χ2v) is 17.3. The van der Waals surface area contributed by atoms with Gasteiger partial charge in [-0.1, -0.05) is 0 Å². The van der Waals surface area contributed by atoms with E-state index in [1.54, 1.807) is 13.2 Å². The Kier molecular flexibility index (Phi) is 9.76. The van der Waals surface area contributed by atoms with Crippen LogP contribution >= 0.6 is 0 Å². The van der Waals surface area contributed by atoms with Crippen LogP contribution in [-0.2, 0) is 34.7 Å². The SMILES string of the molecule is CC(C)(C)c1ccc2c(c1)Cc1c-2ccc(C(C)(C)C)[c]1[Ti+2](=[C](c1ccccc1)c1ccccc1)[CH]1C=CC=C1.[Cl-].[Cl-]. The van der Waals surface area contributed by atoms with Gasteiger partial charge in [-0.3, -0.25) is 0 Å². The van der Waals surface area contributed by atoms with Crippen LogP contribution in [0, 0.1) is 0 Å². The van der Waals surface area contributed by atoms with E-state index in [9.17, 15) is 0 Å². The molecule has 3 heteroatoms. The Bertz CT molecular complexity index is 1610. The van der Waals surface area contributed by atoms with Crippen molar-refractivity contribution in [1.82, 2.24) is 0 Å². The van der Waals surface area contributed by atoms with Gasteiger partial charge in [-0.25, -0.2) is 0 Å². The van der Waals surface area contributed by atoms with E-state index in [0.717, 1.165) is 6.42 Å². The van der Waals surface area contributed by atoms with Gasteiger partial charge >= 0.3 is 248 Å². The number of fused-ring (bicyclic) bond motifs is 3. The summed E-state index contributed by atoms with van der Waals surface area (Å²) in [5, 5.41) is 0. The number of benzene rings is 4. The van der Waals surface area contributed by atoms with Gasteiger partial charge in [0, 0.05) is 0 Å². The van der Waals surface area contributed by atoms with Gasteiger partial charge in [0.15, 0.2) is 0 Å². The van der Waals surface area contributed by atoms with E-state index < -0.39 is 17.4 Å². The van der Waals surface area contributed by atoms with Gasteiger partial charge < -0.3 is 24.8 Å². The van der Waals surface area contributed by atoms with Crippen LogP contribution in [0.5, 0.6) is 0 Å². The van der Waals surface area contributed by atoms with Gasteiger partial charge in [-0.05, 0) is 0 Å². The summed E-state index contributed by atoms with van der Waals surface area (Å²) in [5.74, 6) is 0. The Hall–Kier alpha value is -2.48. The molecule has 0 bridgehead atoms. The quantitative estimate of drug-likeness (QED) is 0.269. The Morgan fingerprint density at radius 2 is 1.19 bits per heavy atom. The number of rotatable bonds is 4. The maximum absolute atomic E-state index is 2.49. The third-order valence-electron chi connectivity index (χ3n) is 8.49. The van der Waals surface area contributed by atoms with Crippen LogP contribution < -0.4 is 28.7 Å². The molecule has 2 aliphatic rings. The van der Waals surface area contributed by atoms with Gasteiger partial charge in [-0.15, -0.1) is 0 Å². The summed E-state index contributed by atoms with van der Waals surface area (Å²) in [5.41, 5.74) is 11.9. The first-order valence-corrected chi connectivity index (χ1v) is 17.1. The third kappa shape index (κ3) is 6.11. The van der Waals surface area contributed by atoms with E-state index in [4.69, 9.17) is 0 Å². The summed E-state index contributed by atoms with van der Waals surface area (Å²) in [6, 6.07) is 34.6. The number of halogens is 2. The Morgan fingerprint density at radius 3 is 1.71 bits per heavy atom. The van der Waals surface area contributed by atoms with Gasteiger partial charge in [0.05, 0.1) is 0 Å². The van der Waals surface area contributed by atoms with Crippen LogP contribution in [0.1, 0.15) is 74.9 Å². The Morgan fingerprint density at radius 1 is 0.643 bits per heavy atom. The standard InChI is InChI=1S/C21H25.C13H10.C5H5.2ClH.Ti/c1-20(2,3)16-7-9-18-14(12-16)11-15-13-17(21(4,5)6)8-10-19(15)18;1-3-7-12(8-4-1)11-13-9-5-2-6-10-13;1-2-4-5-3-1;;;/h7-10,12H,11H2,1-6H3;1-10H;1-5H;2*1H;/q;;;;;+2/p-2. The molecule has 0 saturated carbocycles. The molecule has 0 atom stereocenters. The van der Waals surface area contributed by atoms with Gasteiger partial charge in [0.1, 0.15) is 0 Å². The predicted octanol–water partition coefficient (Wildman–Crippen LogP) is 3.29.